The van der Waals surface area contributed by atoms with E-state index in [9.17, 15) is 0 Å². The Balaban J connectivity index is 2.28. The third-order valence-corrected chi connectivity index (χ3v) is 2.72. The van der Waals surface area contributed by atoms with Gasteiger partial charge >= 0.3 is 0 Å². The molecule has 1 aromatic carbocycles. The molecule has 1 heterocycles. The van der Waals surface area contributed by atoms with Gasteiger partial charge in [0.1, 0.15) is 5.75 Å². The average molecular weight is 242 g/mol. The number of ether oxygens (including phenoxy) is 1. The van der Waals surface area contributed by atoms with Gasteiger partial charge in [-0.3, -0.25) is 0 Å². The van der Waals surface area contributed by atoms with E-state index >= 15 is 0 Å². The number of pyridine rings is 1. The summed E-state index contributed by atoms with van der Waals surface area (Å²) in [7, 11) is 0. The highest BCUT2D eigenvalue weighted by atomic mass is 16.5. The van der Waals surface area contributed by atoms with Gasteiger partial charge in [0.05, 0.1) is 0 Å². The van der Waals surface area contributed by atoms with Crippen molar-refractivity contribution in [3.8, 4) is 11.6 Å². The molecule has 1 aromatic heterocycles. The Morgan fingerprint density at radius 2 is 2.06 bits per heavy atom. The van der Waals surface area contributed by atoms with Gasteiger partial charge in [-0.05, 0) is 42.7 Å². The molecule has 0 aliphatic rings. The molecular formula is C15H18N2O. The number of aryl methyl sites for hydroxylation is 2. The van der Waals surface area contributed by atoms with Gasteiger partial charge in [0, 0.05) is 18.3 Å². The number of hydrogen-bond donors (Lipinski definition) is 1. The van der Waals surface area contributed by atoms with Gasteiger partial charge in [0.25, 0.3) is 0 Å². The summed E-state index contributed by atoms with van der Waals surface area (Å²) in [6.45, 7) is 4.60. The van der Waals surface area contributed by atoms with Crippen LogP contribution in [-0.4, -0.2) is 4.98 Å². The quantitative estimate of drug-likeness (QED) is 0.895. The normalized spacial score (nSPS) is 10.4. The van der Waals surface area contributed by atoms with Crippen LogP contribution in [0.5, 0.6) is 11.6 Å². The number of nitrogens with two attached hydrogens (primary N) is 1. The van der Waals surface area contributed by atoms with E-state index in [0.717, 1.165) is 29.0 Å². The zero-order chi connectivity index (χ0) is 13.0. The third kappa shape index (κ3) is 3.08. The molecule has 94 valence electrons. The standard InChI is InChI=1S/C15H18N2O/c1-3-13-8-12(10-16)9-15(17-13)18-14-6-4-5-11(2)7-14/h4-9H,3,10,16H2,1-2H3. The van der Waals surface area contributed by atoms with Crippen molar-refractivity contribution in [2.45, 2.75) is 26.8 Å². The molecule has 0 bridgehead atoms. The van der Waals surface area contributed by atoms with Crippen LogP contribution in [0.2, 0.25) is 0 Å². The summed E-state index contributed by atoms with van der Waals surface area (Å²) in [4.78, 5) is 4.45. The third-order valence-electron chi connectivity index (χ3n) is 2.72. The van der Waals surface area contributed by atoms with Gasteiger partial charge in [-0.25, -0.2) is 4.98 Å². The van der Waals surface area contributed by atoms with Crippen molar-refractivity contribution in [2.75, 3.05) is 0 Å². The second-order valence-corrected chi connectivity index (χ2v) is 4.28. The van der Waals surface area contributed by atoms with Crippen molar-refractivity contribution < 1.29 is 4.74 Å². The lowest BCUT2D eigenvalue weighted by atomic mass is 10.2. The fourth-order valence-corrected chi connectivity index (χ4v) is 1.77. The van der Waals surface area contributed by atoms with Gasteiger partial charge in [-0.15, -0.1) is 0 Å². The molecule has 0 saturated carbocycles. The van der Waals surface area contributed by atoms with E-state index < -0.39 is 0 Å². The molecule has 0 radical (unpaired) electrons. The molecule has 2 rings (SSSR count). The summed E-state index contributed by atoms with van der Waals surface area (Å²) in [5.41, 5.74) is 8.89. The minimum atomic E-state index is 0.500. The summed E-state index contributed by atoms with van der Waals surface area (Å²) in [6.07, 6.45) is 0.873. The minimum Gasteiger partial charge on any atom is -0.439 e. The molecule has 0 aliphatic carbocycles. The highest BCUT2D eigenvalue weighted by Gasteiger charge is 2.03. The van der Waals surface area contributed by atoms with E-state index in [1.54, 1.807) is 0 Å². The smallest absolute Gasteiger partial charge is 0.219 e. The Kier molecular flexibility index (Phi) is 3.95. The number of nitrogens with zero attached hydrogens (tertiary/aromatic N) is 1. The van der Waals surface area contributed by atoms with Crippen LogP contribution in [0.1, 0.15) is 23.7 Å². The van der Waals surface area contributed by atoms with E-state index in [-0.39, 0.29) is 0 Å². The Hall–Kier alpha value is -1.87. The monoisotopic (exact) mass is 242 g/mol. The van der Waals surface area contributed by atoms with E-state index in [4.69, 9.17) is 10.5 Å². The predicted octanol–water partition coefficient (Wildman–Crippen LogP) is 3.20. The number of benzene rings is 1. The van der Waals surface area contributed by atoms with Crippen LogP contribution in [0.4, 0.5) is 0 Å². The Morgan fingerprint density at radius 3 is 2.72 bits per heavy atom. The minimum absolute atomic E-state index is 0.500. The van der Waals surface area contributed by atoms with E-state index in [2.05, 4.69) is 11.9 Å². The van der Waals surface area contributed by atoms with Crippen LogP contribution >= 0.6 is 0 Å². The van der Waals surface area contributed by atoms with Crippen LogP contribution in [0, 0.1) is 6.92 Å². The summed E-state index contributed by atoms with van der Waals surface area (Å²) in [5.74, 6) is 1.42. The first-order chi connectivity index (χ1) is 8.71. The van der Waals surface area contributed by atoms with E-state index in [1.807, 2.05) is 43.3 Å². The fraction of sp³-hybridized carbons (Fsp3) is 0.267. The molecule has 0 amide bonds. The number of aromatic nitrogens is 1. The molecule has 3 nitrogen and oxygen atoms in total. The summed E-state index contributed by atoms with van der Waals surface area (Å²) in [5, 5.41) is 0. The predicted molar refractivity (Wildman–Crippen MR) is 72.8 cm³/mol. The van der Waals surface area contributed by atoms with Crippen molar-refractivity contribution in [1.82, 2.24) is 4.98 Å². The van der Waals surface area contributed by atoms with E-state index in [1.165, 1.54) is 0 Å². The van der Waals surface area contributed by atoms with Gasteiger partial charge in [0.2, 0.25) is 5.88 Å². The lowest BCUT2D eigenvalue weighted by Crippen LogP contribution is -2.00. The van der Waals surface area contributed by atoms with Gasteiger partial charge in [0.15, 0.2) is 0 Å². The zero-order valence-electron chi connectivity index (χ0n) is 10.8. The van der Waals surface area contributed by atoms with Crippen LogP contribution < -0.4 is 10.5 Å². The van der Waals surface area contributed by atoms with Crippen molar-refractivity contribution in [1.29, 1.82) is 0 Å². The fourth-order valence-electron chi connectivity index (χ4n) is 1.77. The molecule has 0 atom stereocenters. The number of hydrogen-bond acceptors (Lipinski definition) is 3. The molecule has 2 N–H and O–H groups in total. The Morgan fingerprint density at radius 1 is 1.22 bits per heavy atom. The van der Waals surface area contributed by atoms with E-state index in [0.29, 0.717) is 12.4 Å². The molecule has 0 unspecified atom stereocenters. The van der Waals surface area contributed by atoms with Crippen molar-refractivity contribution >= 4 is 0 Å². The highest BCUT2D eigenvalue weighted by molar-refractivity contribution is 5.33. The summed E-state index contributed by atoms with van der Waals surface area (Å²) in [6, 6.07) is 11.8. The molecule has 18 heavy (non-hydrogen) atoms. The second-order valence-electron chi connectivity index (χ2n) is 4.28. The first-order valence-electron chi connectivity index (χ1n) is 6.15. The van der Waals surface area contributed by atoms with Crippen LogP contribution in [0.3, 0.4) is 0 Å². The maximum absolute atomic E-state index is 5.78. The Bertz CT molecular complexity index is 516. The van der Waals surface area contributed by atoms with Crippen molar-refractivity contribution in [3.63, 3.8) is 0 Å². The van der Waals surface area contributed by atoms with Crippen LogP contribution in [0.15, 0.2) is 36.4 Å². The molecule has 2 aromatic rings. The van der Waals surface area contributed by atoms with Gasteiger partial charge in [-0.1, -0.05) is 19.1 Å². The molecule has 3 heteroatoms. The summed E-state index contributed by atoms with van der Waals surface area (Å²) < 4.78 is 5.78. The summed E-state index contributed by atoms with van der Waals surface area (Å²) >= 11 is 0. The molecule has 0 fully saturated rings. The van der Waals surface area contributed by atoms with Crippen LogP contribution in [0.25, 0.3) is 0 Å². The molecule has 0 saturated heterocycles. The molecular weight excluding hydrogens is 224 g/mol. The largest absolute Gasteiger partial charge is 0.439 e. The zero-order valence-corrected chi connectivity index (χ0v) is 10.8. The lowest BCUT2D eigenvalue weighted by molar-refractivity contribution is 0.459. The van der Waals surface area contributed by atoms with Gasteiger partial charge < -0.3 is 10.5 Å². The maximum atomic E-state index is 5.78. The first kappa shape index (κ1) is 12.6. The maximum Gasteiger partial charge on any atom is 0.219 e. The number of rotatable bonds is 4. The first-order valence-corrected chi connectivity index (χ1v) is 6.15. The molecule has 0 spiro atoms. The van der Waals surface area contributed by atoms with Crippen LogP contribution in [-0.2, 0) is 13.0 Å². The Labute approximate surface area is 108 Å². The van der Waals surface area contributed by atoms with Crippen molar-refractivity contribution in [2.24, 2.45) is 5.73 Å². The second kappa shape index (κ2) is 5.65. The van der Waals surface area contributed by atoms with Crippen molar-refractivity contribution in [3.05, 3.63) is 53.2 Å². The lowest BCUT2D eigenvalue weighted by Gasteiger charge is -2.08. The highest BCUT2D eigenvalue weighted by Crippen LogP contribution is 2.22. The topological polar surface area (TPSA) is 48.1 Å². The average Bonchev–Trinajstić information content (AvgIpc) is 2.38. The SMILES string of the molecule is CCc1cc(CN)cc(Oc2cccc(C)c2)n1. The molecule has 0 aliphatic heterocycles. The van der Waals surface area contributed by atoms with Gasteiger partial charge in [-0.2, -0.15) is 0 Å².